The molecule has 0 unspecified atom stereocenters. The standard InChI is InChI=1S/C16H18O2/c1-4-12-6-5-7-13(10-12)14-8-9-15(17-2)16(11-14)18-3/h5-11H,4H2,1-3H3. The molecule has 2 nitrogen and oxygen atoms in total. The fourth-order valence-corrected chi connectivity index (χ4v) is 1.99. The largest absolute Gasteiger partial charge is 0.493 e. The number of benzene rings is 2. The van der Waals surface area contributed by atoms with Gasteiger partial charge in [0, 0.05) is 0 Å². The predicted molar refractivity (Wildman–Crippen MR) is 74.4 cm³/mol. The Labute approximate surface area is 108 Å². The Morgan fingerprint density at radius 3 is 2.22 bits per heavy atom. The van der Waals surface area contributed by atoms with Gasteiger partial charge in [-0.3, -0.25) is 0 Å². The molecule has 0 N–H and O–H groups in total. The fourth-order valence-electron chi connectivity index (χ4n) is 1.99. The van der Waals surface area contributed by atoms with Crippen LogP contribution in [0.3, 0.4) is 0 Å². The number of aryl methyl sites for hydroxylation is 1. The summed E-state index contributed by atoms with van der Waals surface area (Å²) in [6.45, 7) is 2.16. The lowest BCUT2D eigenvalue weighted by molar-refractivity contribution is 0.355. The van der Waals surface area contributed by atoms with Crippen molar-refractivity contribution in [1.29, 1.82) is 0 Å². The van der Waals surface area contributed by atoms with Crippen LogP contribution < -0.4 is 9.47 Å². The quantitative estimate of drug-likeness (QED) is 0.808. The zero-order valence-electron chi connectivity index (χ0n) is 11.1. The summed E-state index contributed by atoms with van der Waals surface area (Å²) < 4.78 is 10.6. The monoisotopic (exact) mass is 242 g/mol. The van der Waals surface area contributed by atoms with Crippen LogP contribution in [0.15, 0.2) is 42.5 Å². The number of rotatable bonds is 4. The third-order valence-corrected chi connectivity index (χ3v) is 3.05. The van der Waals surface area contributed by atoms with Gasteiger partial charge in [0.05, 0.1) is 14.2 Å². The summed E-state index contributed by atoms with van der Waals surface area (Å²) in [6.07, 6.45) is 1.04. The molecule has 94 valence electrons. The van der Waals surface area contributed by atoms with Crippen LogP contribution in [-0.2, 0) is 6.42 Å². The van der Waals surface area contributed by atoms with Crippen molar-refractivity contribution in [2.75, 3.05) is 14.2 Å². The molecule has 0 amide bonds. The van der Waals surface area contributed by atoms with Crippen LogP contribution >= 0.6 is 0 Å². The van der Waals surface area contributed by atoms with Crippen molar-refractivity contribution in [3.63, 3.8) is 0 Å². The van der Waals surface area contributed by atoms with Gasteiger partial charge in [0.2, 0.25) is 0 Å². The molecule has 0 bridgehead atoms. The van der Waals surface area contributed by atoms with Crippen LogP contribution in [0.1, 0.15) is 12.5 Å². The molecule has 18 heavy (non-hydrogen) atoms. The van der Waals surface area contributed by atoms with Gasteiger partial charge < -0.3 is 9.47 Å². The number of ether oxygens (including phenoxy) is 2. The van der Waals surface area contributed by atoms with Crippen molar-refractivity contribution in [1.82, 2.24) is 0 Å². The Balaban J connectivity index is 2.43. The van der Waals surface area contributed by atoms with Gasteiger partial charge in [-0.25, -0.2) is 0 Å². The highest BCUT2D eigenvalue weighted by molar-refractivity contribution is 5.67. The maximum Gasteiger partial charge on any atom is 0.161 e. The smallest absolute Gasteiger partial charge is 0.161 e. The first-order valence-corrected chi connectivity index (χ1v) is 6.09. The summed E-state index contributed by atoms with van der Waals surface area (Å²) >= 11 is 0. The van der Waals surface area contributed by atoms with Gasteiger partial charge in [-0.1, -0.05) is 37.3 Å². The summed E-state index contributed by atoms with van der Waals surface area (Å²) in [5, 5.41) is 0. The minimum absolute atomic E-state index is 0.757. The minimum Gasteiger partial charge on any atom is -0.493 e. The van der Waals surface area contributed by atoms with Crippen LogP contribution in [0, 0.1) is 0 Å². The lowest BCUT2D eigenvalue weighted by Crippen LogP contribution is -1.91. The molecule has 0 radical (unpaired) electrons. The van der Waals surface area contributed by atoms with E-state index < -0.39 is 0 Å². The first kappa shape index (κ1) is 12.5. The highest BCUT2D eigenvalue weighted by atomic mass is 16.5. The molecular weight excluding hydrogens is 224 g/mol. The van der Waals surface area contributed by atoms with Crippen LogP contribution in [0.4, 0.5) is 0 Å². The van der Waals surface area contributed by atoms with Crippen LogP contribution in [0.5, 0.6) is 11.5 Å². The summed E-state index contributed by atoms with van der Waals surface area (Å²) in [6, 6.07) is 14.5. The van der Waals surface area contributed by atoms with Crippen molar-refractivity contribution in [3.8, 4) is 22.6 Å². The topological polar surface area (TPSA) is 18.5 Å². The molecule has 0 heterocycles. The summed E-state index contributed by atoms with van der Waals surface area (Å²) in [4.78, 5) is 0. The Bertz CT molecular complexity index is 532. The molecule has 0 fully saturated rings. The van der Waals surface area contributed by atoms with E-state index >= 15 is 0 Å². The summed E-state index contributed by atoms with van der Waals surface area (Å²) in [7, 11) is 3.30. The second-order valence-corrected chi connectivity index (χ2v) is 4.12. The summed E-state index contributed by atoms with van der Waals surface area (Å²) in [5.74, 6) is 1.52. The Kier molecular flexibility index (Phi) is 3.88. The molecule has 0 spiro atoms. The second kappa shape index (κ2) is 5.58. The molecule has 0 aromatic heterocycles. The Morgan fingerprint density at radius 1 is 0.833 bits per heavy atom. The molecule has 2 rings (SSSR count). The molecule has 0 aliphatic rings. The first-order valence-electron chi connectivity index (χ1n) is 6.09. The highest BCUT2D eigenvalue weighted by Gasteiger charge is 2.06. The maximum atomic E-state index is 5.33. The third-order valence-electron chi connectivity index (χ3n) is 3.05. The van der Waals surface area contributed by atoms with Gasteiger partial charge in [0.25, 0.3) is 0 Å². The van der Waals surface area contributed by atoms with Crippen molar-refractivity contribution in [2.24, 2.45) is 0 Å². The molecule has 2 heteroatoms. The highest BCUT2D eigenvalue weighted by Crippen LogP contribution is 2.32. The lowest BCUT2D eigenvalue weighted by Gasteiger charge is -2.10. The minimum atomic E-state index is 0.757. The van der Waals surface area contributed by atoms with Crippen molar-refractivity contribution in [3.05, 3.63) is 48.0 Å². The van der Waals surface area contributed by atoms with Crippen LogP contribution in [-0.4, -0.2) is 14.2 Å². The van der Waals surface area contributed by atoms with E-state index in [2.05, 4.69) is 37.3 Å². The van der Waals surface area contributed by atoms with E-state index in [9.17, 15) is 0 Å². The SMILES string of the molecule is CCc1cccc(-c2ccc(OC)c(OC)c2)c1. The van der Waals surface area contributed by atoms with Gasteiger partial charge in [-0.05, 0) is 35.2 Å². The van der Waals surface area contributed by atoms with E-state index in [4.69, 9.17) is 9.47 Å². The van der Waals surface area contributed by atoms with E-state index in [1.54, 1.807) is 14.2 Å². The van der Waals surface area contributed by atoms with E-state index in [1.165, 1.54) is 11.1 Å². The van der Waals surface area contributed by atoms with Gasteiger partial charge in [0.15, 0.2) is 11.5 Å². The molecule has 2 aromatic rings. The Hall–Kier alpha value is -1.96. The third kappa shape index (κ3) is 2.48. The molecule has 0 atom stereocenters. The summed E-state index contributed by atoms with van der Waals surface area (Å²) in [5.41, 5.74) is 3.68. The van der Waals surface area contributed by atoms with E-state index in [0.717, 1.165) is 23.5 Å². The molecule has 2 aromatic carbocycles. The van der Waals surface area contributed by atoms with Gasteiger partial charge in [0.1, 0.15) is 0 Å². The molecule has 0 aliphatic heterocycles. The zero-order valence-corrected chi connectivity index (χ0v) is 11.1. The zero-order chi connectivity index (χ0) is 13.0. The van der Waals surface area contributed by atoms with Crippen molar-refractivity contribution < 1.29 is 9.47 Å². The van der Waals surface area contributed by atoms with Crippen molar-refractivity contribution in [2.45, 2.75) is 13.3 Å². The van der Waals surface area contributed by atoms with Gasteiger partial charge in [-0.2, -0.15) is 0 Å². The van der Waals surface area contributed by atoms with Crippen LogP contribution in [0.25, 0.3) is 11.1 Å². The van der Waals surface area contributed by atoms with E-state index in [0.29, 0.717) is 0 Å². The first-order chi connectivity index (χ1) is 8.78. The molecule has 0 saturated heterocycles. The fraction of sp³-hybridized carbons (Fsp3) is 0.250. The number of hydrogen-bond acceptors (Lipinski definition) is 2. The Morgan fingerprint density at radius 2 is 1.56 bits per heavy atom. The average molecular weight is 242 g/mol. The molecule has 0 aliphatic carbocycles. The van der Waals surface area contributed by atoms with E-state index in [-0.39, 0.29) is 0 Å². The normalized spacial score (nSPS) is 10.2. The predicted octanol–water partition coefficient (Wildman–Crippen LogP) is 3.93. The maximum absolute atomic E-state index is 5.33. The second-order valence-electron chi connectivity index (χ2n) is 4.12. The lowest BCUT2D eigenvalue weighted by atomic mass is 10.0. The molecular formula is C16H18O2. The van der Waals surface area contributed by atoms with Crippen molar-refractivity contribution >= 4 is 0 Å². The molecule has 0 saturated carbocycles. The van der Waals surface area contributed by atoms with Gasteiger partial charge in [-0.15, -0.1) is 0 Å². The van der Waals surface area contributed by atoms with E-state index in [1.807, 2.05) is 12.1 Å². The average Bonchev–Trinajstić information content (AvgIpc) is 2.46. The van der Waals surface area contributed by atoms with Crippen LogP contribution in [0.2, 0.25) is 0 Å². The van der Waals surface area contributed by atoms with Gasteiger partial charge >= 0.3 is 0 Å². The number of methoxy groups -OCH3 is 2. The number of hydrogen-bond donors (Lipinski definition) is 0.